The van der Waals surface area contributed by atoms with Crippen molar-refractivity contribution in [3.8, 4) is 0 Å². The largest absolute Gasteiger partial charge is 0.444 e. The van der Waals surface area contributed by atoms with E-state index in [1.54, 1.807) is 32.9 Å². The molecule has 6 nitrogen and oxygen atoms in total. The molecule has 1 aromatic rings. The molecule has 0 aromatic heterocycles. The SMILES string of the molecule is CC(C)(C)OC(=O)NCCC=Cc1ccc(F)c([N+](=O)[O-])c1. The molecule has 1 rings (SSSR count). The number of benzene rings is 1. The summed E-state index contributed by atoms with van der Waals surface area (Å²) in [7, 11) is 0. The Hall–Kier alpha value is -2.44. The molecule has 120 valence electrons. The third kappa shape index (κ3) is 6.34. The first-order chi connectivity index (χ1) is 10.2. The topological polar surface area (TPSA) is 81.5 Å². The van der Waals surface area contributed by atoms with Crippen molar-refractivity contribution in [3.05, 3.63) is 45.8 Å². The minimum atomic E-state index is -0.867. The number of amides is 1. The minimum Gasteiger partial charge on any atom is -0.444 e. The van der Waals surface area contributed by atoms with Crippen LogP contribution in [0.2, 0.25) is 0 Å². The number of rotatable bonds is 5. The lowest BCUT2D eigenvalue weighted by Gasteiger charge is -2.19. The fraction of sp³-hybridized carbons (Fsp3) is 0.400. The number of halogens is 1. The maximum absolute atomic E-state index is 13.2. The Bertz CT molecular complexity index is 579. The molecule has 0 radical (unpaired) electrons. The molecule has 0 aliphatic heterocycles. The number of ether oxygens (including phenoxy) is 1. The summed E-state index contributed by atoms with van der Waals surface area (Å²) in [6.07, 6.45) is 3.38. The van der Waals surface area contributed by atoms with Crippen LogP contribution in [0.5, 0.6) is 0 Å². The number of alkyl carbamates (subject to hydrolysis) is 1. The molecule has 0 spiro atoms. The van der Waals surface area contributed by atoms with E-state index in [-0.39, 0.29) is 0 Å². The van der Waals surface area contributed by atoms with E-state index in [0.29, 0.717) is 18.5 Å². The number of nitro groups is 1. The highest BCUT2D eigenvalue weighted by Crippen LogP contribution is 2.19. The Morgan fingerprint density at radius 1 is 1.45 bits per heavy atom. The van der Waals surface area contributed by atoms with Crippen molar-refractivity contribution >= 4 is 17.9 Å². The summed E-state index contributed by atoms with van der Waals surface area (Å²) >= 11 is 0. The molecule has 1 N–H and O–H groups in total. The molecule has 0 heterocycles. The van der Waals surface area contributed by atoms with Gasteiger partial charge in [0.2, 0.25) is 5.82 Å². The predicted molar refractivity (Wildman–Crippen MR) is 80.9 cm³/mol. The van der Waals surface area contributed by atoms with Gasteiger partial charge in [-0.15, -0.1) is 0 Å². The lowest BCUT2D eigenvalue weighted by Crippen LogP contribution is -2.32. The van der Waals surface area contributed by atoms with Gasteiger partial charge in [0.1, 0.15) is 5.60 Å². The van der Waals surface area contributed by atoms with Gasteiger partial charge in [-0.25, -0.2) is 4.79 Å². The summed E-state index contributed by atoms with van der Waals surface area (Å²) in [4.78, 5) is 21.2. The molecule has 0 saturated carbocycles. The normalized spacial score (nSPS) is 11.5. The number of nitrogens with one attached hydrogen (secondary N) is 1. The van der Waals surface area contributed by atoms with Crippen molar-refractivity contribution in [1.29, 1.82) is 0 Å². The number of nitrogens with zero attached hydrogens (tertiary/aromatic N) is 1. The van der Waals surface area contributed by atoms with Gasteiger partial charge in [-0.3, -0.25) is 10.1 Å². The van der Waals surface area contributed by atoms with Crippen LogP contribution in [0.15, 0.2) is 24.3 Å². The van der Waals surface area contributed by atoms with E-state index in [4.69, 9.17) is 4.74 Å². The van der Waals surface area contributed by atoms with Crippen LogP contribution in [-0.2, 0) is 4.74 Å². The number of nitro benzene ring substituents is 1. The van der Waals surface area contributed by atoms with E-state index >= 15 is 0 Å². The molecule has 0 aliphatic carbocycles. The van der Waals surface area contributed by atoms with E-state index in [9.17, 15) is 19.3 Å². The fourth-order valence-corrected chi connectivity index (χ4v) is 1.56. The van der Waals surface area contributed by atoms with Crippen molar-refractivity contribution in [2.24, 2.45) is 0 Å². The van der Waals surface area contributed by atoms with Crippen LogP contribution in [0.4, 0.5) is 14.9 Å². The lowest BCUT2D eigenvalue weighted by molar-refractivity contribution is -0.387. The van der Waals surface area contributed by atoms with Crippen molar-refractivity contribution in [2.45, 2.75) is 32.8 Å². The van der Waals surface area contributed by atoms with Gasteiger partial charge in [0.05, 0.1) is 4.92 Å². The van der Waals surface area contributed by atoms with Gasteiger partial charge in [-0.1, -0.05) is 18.2 Å². The molecule has 1 aromatic carbocycles. The average Bonchev–Trinajstić information content (AvgIpc) is 2.37. The van der Waals surface area contributed by atoms with Crippen LogP contribution >= 0.6 is 0 Å². The Morgan fingerprint density at radius 3 is 2.73 bits per heavy atom. The van der Waals surface area contributed by atoms with E-state index in [2.05, 4.69) is 5.32 Å². The van der Waals surface area contributed by atoms with Gasteiger partial charge in [0, 0.05) is 12.6 Å². The average molecular weight is 310 g/mol. The number of carbonyl (C=O) groups is 1. The summed E-state index contributed by atoms with van der Waals surface area (Å²) in [5.41, 5.74) is -0.591. The van der Waals surface area contributed by atoms with Crippen molar-refractivity contribution < 1.29 is 18.8 Å². The first-order valence-corrected chi connectivity index (χ1v) is 6.76. The fourth-order valence-electron chi connectivity index (χ4n) is 1.56. The van der Waals surface area contributed by atoms with Gasteiger partial charge in [-0.2, -0.15) is 4.39 Å². The Morgan fingerprint density at radius 2 is 2.14 bits per heavy atom. The Kier molecular flexibility index (Phi) is 6.03. The third-order valence-corrected chi connectivity index (χ3v) is 2.46. The van der Waals surface area contributed by atoms with Crippen molar-refractivity contribution in [3.63, 3.8) is 0 Å². The van der Waals surface area contributed by atoms with E-state index in [1.165, 1.54) is 6.07 Å². The van der Waals surface area contributed by atoms with Crippen molar-refractivity contribution in [2.75, 3.05) is 6.54 Å². The molecule has 1 amide bonds. The van der Waals surface area contributed by atoms with Crippen LogP contribution in [0.25, 0.3) is 6.08 Å². The summed E-state index contributed by atoms with van der Waals surface area (Å²) in [5.74, 6) is -0.867. The van der Waals surface area contributed by atoms with Crippen LogP contribution in [0.1, 0.15) is 32.8 Å². The van der Waals surface area contributed by atoms with Crippen LogP contribution in [-0.4, -0.2) is 23.2 Å². The second kappa shape index (κ2) is 7.53. The first-order valence-electron chi connectivity index (χ1n) is 6.76. The third-order valence-electron chi connectivity index (χ3n) is 2.46. The summed E-state index contributed by atoms with van der Waals surface area (Å²) in [5, 5.41) is 13.2. The van der Waals surface area contributed by atoms with E-state index in [1.807, 2.05) is 0 Å². The molecule has 7 heteroatoms. The zero-order chi connectivity index (χ0) is 16.8. The second-order valence-corrected chi connectivity index (χ2v) is 5.59. The molecule has 0 unspecified atom stereocenters. The Balaban J connectivity index is 2.45. The molecular formula is C15H19FN2O4. The summed E-state index contributed by atoms with van der Waals surface area (Å²) in [6, 6.07) is 3.66. The number of hydrogen-bond acceptors (Lipinski definition) is 4. The molecule has 22 heavy (non-hydrogen) atoms. The molecular weight excluding hydrogens is 291 g/mol. The molecule has 0 atom stereocenters. The van der Waals surface area contributed by atoms with E-state index < -0.39 is 28.1 Å². The maximum atomic E-state index is 13.2. The lowest BCUT2D eigenvalue weighted by atomic mass is 10.1. The molecule has 0 saturated heterocycles. The number of hydrogen-bond donors (Lipinski definition) is 1. The summed E-state index contributed by atoms with van der Waals surface area (Å²) < 4.78 is 18.2. The van der Waals surface area contributed by atoms with Gasteiger partial charge >= 0.3 is 11.8 Å². The smallest absolute Gasteiger partial charge is 0.407 e. The maximum Gasteiger partial charge on any atom is 0.407 e. The predicted octanol–water partition coefficient (Wildman–Crippen LogP) is 3.66. The molecule has 0 fully saturated rings. The molecule has 0 bridgehead atoms. The van der Waals surface area contributed by atoms with E-state index in [0.717, 1.165) is 12.1 Å². The van der Waals surface area contributed by atoms with Crippen LogP contribution < -0.4 is 5.32 Å². The van der Waals surface area contributed by atoms with Gasteiger partial charge in [0.25, 0.3) is 0 Å². The van der Waals surface area contributed by atoms with Gasteiger partial charge in [-0.05, 0) is 38.8 Å². The zero-order valence-electron chi connectivity index (χ0n) is 12.8. The standard InChI is InChI=1S/C15H19FN2O4/c1-15(2,3)22-14(19)17-9-5-4-6-11-7-8-12(16)13(10-11)18(20)21/h4,6-8,10H,5,9H2,1-3H3,(H,17,19). The highest BCUT2D eigenvalue weighted by molar-refractivity contribution is 5.67. The van der Waals surface area contributed by atoms with Crippen LogP contribution in [0.3, 0.4) is 0 Å². The van der Waals surface area contributed by atoms with Crippen molar-refractivity contribution in [1.82, 2.24) is 5.32 Å². The highest BCUT2D eigenvalue weighted by Gasteiger charge is 2.15. The molecule has 0 aliphatic rings. The first kappa shape index (κ1) is 17.6. The zero-order valence-corrected chi connectivity index (χ0v) is 12.8. The number of carbonyl (C=O) groups excluding carboxylic acids is 1. The summed E-state index contributed by atoms with van der Waals surface area (Å²) in [6.45, 7) is 5.68. The second-order valence-electron chi connectivity index (χ2n) is 5.59. The van der Waals surface area contributed by atoms with Gasteiger partial charge < -0.3 is 10.1 Å². The van der Waals surface area contributed by atoms with Crippen LogP contribution in [0, 0.1) is 15.9 Å². The highest BCUT2D eigenvalue weighted by atomic mass is 19.1. The van der Waals surface area contributed by atoms with Gasteiger partial charge in [0.15, 0.2) is 0 Å². The Labute approximate surface area is 128 Å². The monoisotopic (exact) mass is 310 g/mol. The quantitative estimate of drug-likeness (QED) is 0.511. The minimum absolute atomic E-state index is 0.370.